The molecule has 1 aromatic rings. The van der Waals surface area contributed by atoms with Crippen molar-refractivity contribution in [2.75, 3.05) is 31.1 Å². The highest BCUT2D eigenvalue weighted by Crippen LogP contribution is 2.34. The van der Waals surface area contributed by atoms with Gasteiger partial charge in [0.2, 0.25) is 5.91 Å². The molecule has 0 atom stereocenters. The predicted octanol–water partition coefficient (Wildman–Crippen LogP) is 0.986. The Morgan fingerprint density at radius 1 is 1.40 bits per heavy atom. The average molecular weight is 278 g/mol. The third kappa shape index (κ3) is 2.68. The molecule has 1 aliphatic heterocycles. The Bertz CT molecular complexity index is 526. The Morgan fingerprint density at radius 2 is 2.10 bits per heavy atom. The third-order valence-electron chi connectivity index (χ3n) is 3.30. The lowest BCUT2D eigenvalue weighted by Crippen LogP contribution is -2.46. The number of fused-ring (bicyclic) bond motifs is 1. The van der Waals surface area contributed by atoms with Crippen molar-refractivity contribution in [3.8, 4) is 11.5 Å². The van der Waals surface area contributed by atoms with Gasteiger partial charge in [-0.1, -0.05) is 0 Å². The Morgan fingerprint density at radius 3 is 2.75 bits per heavy atom. The lowest BCUT2D eigenvalue weighted by Gasteiger charge is -2.30. The molecule has 1 aliphatic rings. The number of amides is 2. The van der Waals surface area contributed by atoms with Gasteiger partial charge in [-0.2, -0.15) is 0 Å². The predicted molar refractivity (Wildman–Crippen MR) is 73.9 cm³/mol. The van der Waals surface area contributed by atoms with Gasteiger partial charge in [0.15, 0.2) is 6.61 Å². The van der Waals surface area contributed by atoms with E-state index in [9.17, 15) is 14.7 Å². The van der Waals surface area contributed by atoms with E-state index in [1.165, 1.54) is 17.0 Å². The van der Waals surface area contributed by atoms with Crippen LogP contribution in [0.25, 0.3) is 0 Å². The largest absolute Gasteiger partial charge is 0.508 e. The van der Waals surface area contributed by atoms with Crippen molar-refractivity contribution in [2.24, 2.45) is 0 Å². The van der Waals surface area contributed by atoms with Crippen LogP contribution in [0.2, 0.25) is 0 Å². The van der Waals surface area contributed by atoms with E-state index in [2.05, 4.69) is 0 Å². The maximum absolute atomic E-state index is 12.1. The van der Waals surface area contributed by atoms with Crippen LogP contribution in [0.15, 0.2) is 18.2 Å². The number of rotatable bonds is 4. The van der Waals surface area contributed by atoms with Crippen LogP contribution in [0, 0.1) is 0 Å². The highest BCUT2D eigenvalue weighted by Gasteiger charge is 2.28. The lowest BCUT2D eigenvalue weighted by molar-refractivity contribution is -0.131. The molecule has 0 saturated heterocycles. The van der Waals surface area contributed by atoms with E-state index >= 15 is 0 Å². The number of hydrogen-bond donors (Lipinski definition) is 1. The maximum atomic E-state index is 12.1. The second-order valence-corrected chi connectivity index (χ2v) is 4.49. The number of aromatic hydroxyl groups is 1. The molecule has 0 aliphatic carbocycles. The monoisotopic (exact) mass is 278 g/mol. The molecule has 6 heteroatoms. The van der Waals surface area contributed by atoms with Crippen LogP contribution in [0.1, 0.15) is 13.8 Å². The van der Waals surface area contributed by atoms with Crippen LogP contribution in [-0.4, -0.2) is 48.1 Å². The quantitative estimate of drug-likeness (QED) is 0.891. The summed E-state index contributed by atoms with van der Waals surface area (Å²) in [6.07, 6.45) is 0. The highest BCUT2D eigenvalue weighted by atomic mass is 16.5. The molecule has 0 bridgehead atoms. The Kier molecular flexibility index (Phi) is 4.12. The number of anilines is 1. The number of phenolic OH excluding ortho intramolecular Hbond substituents is 1. The van der Waals surface area contributed by atoms with Gasteiger partial charge >= 0.3 is 0 Å². The number of hydrogen-bond acceptors (Lipinski definition) is 4. The second-order valence-electron chi connectivity index (χ2n) is 4.49. The summed E-state index contributed by atoms with van der Waals surface area (Å²) in [6.45, 7) is 4.84. The van der Waals surface area contributed by atoms with Crippen molar-refractivity contribution >= 4 is 17.5 Å². The van der Waals surface area contributed by atoms with Gasteiger partial charge in [0, 0.05) is 19.2 Å². The molecule has 0 unspecified atom stereocenters. The van der Waals surface area contributed by atoms with Crippen LogP contribution in [0.3, 0.4) is 0 Å². The average Bonchev–Trinajstić information content (AvgIpc) is 2.43. The minimum Gasteiger partial charge on any atom is -0.508 e. The van der Waals surface area contributed by atoms with Crippen molar-refractivity contribution in [3.63, 3.8) is 0 Å². The van der Waals surface area contributed by atoms with E-state index in [-0.39, 0.29) is 30.7 Å². The molecular weight excluding hydrogens is 260 g/mol. The van der Waals surface area contributed by atoms with Gasteiger partial charge in [0.1, 0.15) is 18.0 Å². The van der Waals surface area contributed by atoms with Gasteiger partial charge in [-0.3, -0.25) is 14.5 Å². The molecular formula is C14H18N2O4. The Balaban J connectivity index is 2.25. The van der Waals surface area contributed by atoms with Crippen molar-refractivity contribution in [3.05, 3.63) is 18.2 Å². The van der Waals surface area contributed by atoms with Crippen LogP contribution >= 0.6 is 0 Å². The molecule has 1 N–H and O–H groups in total. The zero-order valence-electron chi connectivity index (χ0n) is 11.6. The minimum absolute atomic E-state index is 0.0299. The number of benzene rings is 1. The fourth-order valence-corrected chi connectivity index (χ4v) is 2.18. The molecule has 6 nitrogen and oxygen atoms in total. The molecule has 1 aromatic carbocycles. The summed E-state index contributed by atoms with van der Waals surface area (Å²) in [7, 11) is 0. The smallest absolute Gasteiger partial charge is 0.265 e. The number of carbonyl (C=O) groups excluding carboxylic acids is 2. The number of ether oxygens (including phenoxy) is 1. The summed E-state index contributed by atoms with van der Waals surface area (Å²) in [6, 6.07) is 4.51. The Labute approximate surface area is 117 Å². The first-order valence-corrected chi connectivity index (χ1v) is 6.60. The molecule has 0 fully saturated rings. The second kappa shape index (κ2) is 5.81. The molecule has 1 heterocycles. The van der Waals surface area contributed by atoms with Crippen molar-refractivity contribution in [1.29, 1.82) is 0 Å². The summed E-state index contributed by atoms with van der Waals surface area (Å²) in [5.41, 5.74) is 0.432. The van der Waals surface area contributed by atoms with Gasteiger partial charge < -0.3 is 14.7 Å². The van der Waals surface area contributed by atoms with E-state index in [0.29, 0.717) is 24.5 Å². The van der Waals surface area contributed by atoms with E-state index < -0.39 is 0 Å². The summed E-state index contributed by atoms with van der Waals surface area (Å²) in [5.74, 6) is 0.111. The number of carbonyl (C=O) groups is 2. The molecule has 2 rings (SSSR count). The summed E-state index contributed by atoms with van der Waals surface area (Å²) in [4.78, 5) is 27.1. The fourth-order valence-electron chi connectivity index (χ4n) is 2.18. The highest BCUT2D eigenvalue weighted by molar-refractivity contribution is 6.02. The number of likely N-dealkylation sites (N-methyl/N-ethyl adjacent to an activating group) is 1. The summed E-state index contributed by atoms with van der Waals surface area (Å²) >= 11 is 0. The first kappa shape index (κ1) is 14.2. The maximum Gasteiger partial charge on any atom is 0.265 e. The molecule has 0 aromatic heterocycles. The van der Waals surface area contributed by atoms with Crippen molar-refractivity contribution < 1.29 is 19.4 Å². The van der Waals surface area contributed by atoms with E-state index in [1.807, 2.05) is 13.8 Å². The van der Waals surface area contributed by atoms with Crippen molar-refractivity contribution in [2.45, 2.75) is 13.8 Å². The zero-order valence-corrected chi connectivity index (χ0v) is 11.6. The van der Waals surface area contributed by atoms with Gasteiger partial charge in [0.05, 0.1) is 5.69 Å². The van der Waals surface area contributed by atoms with Crippen LogP contribution in [0.5, 0.6) is 11.5 Å². The summed E-state index contributed by atoms with van der Waals surface area (Å²) < 4.78 is 5.29. The fraction of sp³-hybridized carbons (Fsp3) is 0.429. The van der Waals surface area contributed by atoms with Gasteiger partial charge in [-0.15, -0.1) is 0 Å². The minimum atomic E-state index is -0.288. The van der Waals surface area contributed by atoms with Crippen molar-refractivity contribution in [1.82, 2.24) is 4.90 Å². The Hall–Kier alpha value is -2.24. The summed E-state index contributed by atoms with van der Waals surface area (Å²) in [5, 5.41) is 9.54. The normalized spacial score (nSPS) is 13.7. The van der Waals surface area contributed by atoms with Crippen LogP contribution in [0.4, 0.5) is 5.69 Å². The topological polar surface area (TPSA) is 70.1 Å². The third-order valence-corrected chi connectivity index (χ3v) is 3.30. The SMILES string of the molecule is CCN(CC)C(=O)CN1C(=O)COc2ccc(O)cc21. The molecule has 20 heavy (non-hydrogen) atoms. The van der Waals surface area contributed by atoms with E-state index in [0.717, 1.165) is 0 Å². The first-order valence-electron chi connectivity index (χ1n) is 6.60. The molecule has 0 spiro atoms. The van der Waals surface area contributed by atoms with Gasteiger partial charge in [-0.05, 0) is 26.0 Å². The first-order chi connectivity index (χ1) is 9.56. The zero-order chi connectivity index (χ0) is 14.7. The lowest BCUT2D eigenvalue weighted by atomic mass is 10.2. The van der Waals surface area contributed by atoms with Crippen LogP contribution < -0.4 is 9.64 Å². The van der Waals surface area contributed by atoms with Gasteiger partial charge in [-0.25, -0.2) is 0 Å². The van der Waals surface area contributed by atoms with E-state index in [4.69, 9.17) is 4.74 Å². The van der Waals surface area contributed by atoms with E-state index in [1.54, 1.807) is 11.0 Å². The van der Waals surface area contributed by atoms with Gasteiger partial charge in [0.25, 0.3) is 5.91 Å². The number of phenols is 1. The van der Waals surface area contributed by atoms with Crippen LogP contribution in [-0.2, 0) is 9.59 Å². The standard InChI is InChI=1S/C14H18N2O4/c1-3-15(4-2)13(18)8-16-11-7-10(17)5-6-12(11)20-9-14(16)19/h5-7,17H,3-4,8-9H2,1-2H3. The molecule has 0 radical (unpaired) electrons. The number of nitrogens with zero attached hydrogens (tertiary/aromatic N) is 2. The molecule has 0 saturated carbocycles. The molecule has 108 valence electrons. The molecule has 2 amide bonds.